The molecule has 0 radical (unpaired) electrons. The van der Waals surface area contributed by atoms with Crippen LogP contribution in [0.3, 0.4) is 0 Å². The molecular weight excluding hydrogens is 448 g/mol. The van der Waals surface area contributed by atoms with Gasteiger partial charge in [0.25, 0.3) is 0 Å². The molecule has 0 atom stereocenters. The zero-order chi connectivity index (χ0) is 24.0. The van der Waals surface area contributed by atoms with Gasteiger partial charge in [0.05, 0.1) is 38.3 Å². The second-order valence-electron chi connectivity index (χ2n) is 7.65. The Morgan fingerprint density at radius 1 is 1.00 bits per heavy atom. The smallest absolute Gasteiger partial charge is 0.340 e. The lowest BCUT2D eigenvalue weighted by molar-refractivity contribution is -0.120. The summed E-state index contributed by atoms with van der Waals surface area (Å²) in [7, 11) is 0.666. The van der Waals surface area contributed by atoms with Crippen molar-refractivity contribution in [2.24, 2.45) is 5.92 Å². The van der Waals surface area contributed by atoms with Crippen molar-refractivity contribution in [3.05, 3.63) is 53.6 Å². The molecule has 1 amide bonds. The van der Waals surface area contributed by atoms with Gasteiger partial charge in [-0.3, -0.25) is 4.79 Å². The molecule has 1 saturated heterocycles. The van der Waals surface area contributed by atoms with E-state index >= 15 is 0 Å². The molecule has 1 N–H and O–H groups in total. The van der Waals surface area contributed by atoms with Crippen molar-refractivity contribution in [2.75, 3.05) is 39.7 Å². The van der Waals surface area contributed by atoms with E-state index in [-0.39, 0.29) is 36.0 Å². The van der Waals surface area contributed by atoms with Crippen molar-refractivity contribution >= 4 is 27.6 Å². The third-order valence-electron chi connectivity index (χ3n) is 5.60. The van der Waals surface area contributed by atoms with E-state index in [2.05, 4.69) is 5.32 Å². The first-order chi connectivity index (χ1) is 15.8. The Morgan fingerprint density at radius 2 is 1.61 bits per heavy atom. The van der Waals surface area contributed by atoms with Gasteiger partial charge in [0.2, 0.25) is 15.9 Å². The minimum absolute atomic E-state index is 0.0706. The maximum atomic E-state index is 12.9. The summed E-state index contributed by atoms with van der Waals surface area (Å²) in [4.78, 5) is 25.1. The standard InChI is InChI=1S/C23H28N2O7S/c1-30-20-13-18(23(27)32-3)19(14-21(20)31-2)24-22(26)17-9-11-25(12-10-17)33(28,29)15-16-7-5-4-6-8-16/h4-8,13-14,17H,9-12,15H2,1-3H3,(H,24,26). The Morgan fingerprint density at radius 3 is 2.18 bits per heavy atom. The van der Waals surface area contributed by atoms with Crippen LogP contribution >= 0.6 is 0 Å². The lowest BCUT2D eigenvalue weighted by Gasteiger charge is -2.30. The predicted octanol–water partition coefficient (Wildman–Crippen LogP) is 2.67. The first-order valence-corrected chi connectivity index (χ1v) is 12.1. The number of nitrogens with one attached hydrogen (secondary N) is 1. The predicted molar refractivity (Wildman–Crippen MR) is 123 cm³/mol. The summed E-state index contributed by atoms with van der Waals surface area (Å²) in [6, 6.07) is 11.9. The van der Waals surface area contributed by atoms with E-state index < -0.39 is 21.9 Å². The summed E-state index contributed by atoms with van der Waals surface area (Å²) in [5, 5.41) is 2.77. The van der Waals surface area contributed by atoms with Crippen molar-refractivity contribution in [3.8, 4) is 11.5 Å². The third kappa shape index (κ3) is 5.82. The molecule has 0 saturated carbocycles. The summed E-state index contributed by atoms with van der Waals surface area (Å²) < 4.78 is 42.3. The van der Waals surface area contributed by atoms with Crippen LogP contribution < -0.4 is 14.8 Å². The average molecular weight is 477 g/mol. The molecule has 1 aliphatic heterocycles. The fourth-order valence-electron chi connectivity index (χ4n) is 3.77. The third-order valence-corrected chi connectivity index (χ3v) is 7.45. The van der Waals surface area contributed by atoms with Crippen LogP contribution in [0.15, 0.2) is 42.5 Å². The highest BCUT2D eigenvalue weighted by atomic mass is 32.2. The van der Waals surface area contributed by atoms with Crippen LogP contribution in [0.2, 0.25) is 0 Å². The molecule has 0 aromatic heterocycles. The molecule has 0 bridgehead atoms. The topological polar surface area (TPSA) is 111 Å². The van der Waals surface area contributed by atoms with E-state index in [1.165, 1.54) is 37.8 Å². The highest BCUT2D eigenvalue weighted by Gasteiger charge is 2.32. The molecule has 0 spiro atoms. The maximum absolute atomic E-state index is 12.9. The highest BCUT2D eigenvalue weighted by molar-refractivity contribution is 7.88. The van der Waals surface area contributed by atoms with Crippen molar-refractivity contribution in [1.29, 1.82) is 0 Å². The molecule has 1 heterocycles. The monoisotopic (exact) mass is 476 g/mol. The van der Waals surface area contributed by atoms with Crippen LogP contribution in [0, 0.1) is 5.92 Å². The second kappa shape index (κ2) is 10.7. The SMILES string of the molecule is COC(=O)c1cc(OC)c(OC)cc1NC(=O)C1CCN(S(=O)(=O)Cc2ccccc2)CC1. The molecule has 1 fully saturated rings. The zero-order valence-corrected chi connectivity index (χ0v) is 19.7. The number of anilines is 1. The highest BCUT2D eigenvalue weighted by Crippen LogP contribution is 2.34. The van der Waals surface area contributed by atoms with Crippen LogP contribution in [-0.4, -0.2) is 59.0 Å². The van der Waals surface area contributed by atoms with E-state index in [0.29, 0.717) is 24.3 Å². The van der Waals surface area contributed by atoms with Crippen molar-refractivity contribution < 1.29 is 32.2 Å². The Labute approximate surface area is 193 Å². The number of carbonyl (C=O) groups is 2. The number of sulfonamides is 1. The van der Waals surface area contributed by atoms with E-state index in [1.807, 2.05) is 6.07 Å². The number of methoxy groups -OCH3 is 3. The van der Waals surface area contributed by atoms with Crippen LogP contribution in [0.25, 0.3) is 0 Å². The van der Waals surface area contributed by atoms with Gasteiger partial charge >= 0.3 is 5.97 Å². The number of rotatable bonds is 8. The van der Waals surface area contributed by atoms with E-state index in [1.54, 1.807) is 24.3 Å². The van der Waals surface area contributed by atoms with E-state index in [4.69, 9.17) is 14.2 Å². The number of carbonyl (C=O) groups excluding carboxylic acids is 2. The largest absolute Gasteiger partial charge is 0.493 e. The minimum Gasteiger partial charge on any atom is -0.493 e. The van der Waals surface area contributed by atoms with Gasteiger partial charge in [0.15, 0.2) is 11.5 Å². The number of esters is 1. The number of nitrogens with zero attached hydrogens (tertiary/aromatic N) is 1. The lowest BCUT2D eigenvalue weighted by atomic mass is 9.97. The Balaban J connectivity index is 1.68. The molecule has 9 nitrogen and oxygen atoms in total. The van der Waals surface area contributed by atoms with Gasteiger partial charge in [-0.2, -0.15) is 0 Å². The first-order valence-electron chi connectivity index (χ1n) is 10.5. The van der Waals surface area contributed by atoms with Crippen LogP contribution in [0.1, 0.15) is 28.8 Å². The van der Waals surface area contributed by atoms with E-state index in [0.717, 1.165) is 5.56 Å². The summed E-state index contributed by atoms with van der Waals surface area (Å²) in [5.74, 6) is -0.721. The van der Waals surface area contributed by atoms with Gasteiger partial charge in [-0.05, 0) is 18.4 Å². The minimum atomic E-state index is -3.47. The van der Waals surface area contributed by atoms with Gasteiger partial charge in [-0.15, -0.1) is 0 Å². The molecule has 2 aromatic rings. The van der Waals surface area contributed by atoms with Gasteiger partial charge in [0.1, 0.15) is 0 Å². The zero-order valence-electron chi connectivity index (χ0n) is 18.9. The maximum Gasteiger partial charge on any atom is 0.340 e. The summed E-state index contributed by atoms with van der Waals surface area (Å²) in [5.41, 5.74) is 1.09. The number of benzene rings is 2. The van der Waals surface area contributed by atoms with Crippen LogP contribution in [-0.2, 0) is 25.3 Å². The summed E-state index contributed by atoms with van der Waals surface area (Å²) in [6.07, 6.45) is 0.751. The molecule has 1 aliphatic rings. The molecule has 10 heteroatoms. The first kappa shape index (κ1) is 24.5. The number of hydrogen-bond donors (Lipinski definition) is 1. The molecule has 3 rings (SSSR count). The van der Waals surface area contributed by atoms with Crippen molar-refractivity contribution in [1.82, 2.24) is 4.31 Å². The quantitative estimate of drug-likeness (QED) is 0.583. The van der Waals surface area contributed by atoms with Crippen LogP contribution in [0.5, 0.6) is 11.5 Å². The lowest BCUT2D eigenvalue weighted by Crippen LogP contribution is -2.42. The normalized spacial score (nSPS) is 15.0. The second-order valence-corrected chi connectivity index (χ2v) is 9.62. The molecule has 0 aliphatic carbocycles. The van der Waals surface area contributed by atoms with E-state index in [9.17, 15) is 18.0 Å². The molecule has 178 valence electrons. The summed E-state index contributed by atoms with van der Waals surface area (Å²) >= 11 is 0. The van der Waals surface area contributed by atoms with Gasteiger partial charge in [0, 0.05) is 31.1 Å². The fraction of sp³-hybridized carbons (Fsp3) is 0.391. The molecular formula is C23H28N2O7S. The number of piperidine rings is 1. The summed E-state index contributed by atoms with van der Waals surface area (Å²) in [6.45, 7) is 0.506. The van der Waals surface area contributed by atoms with Crippen molar-refractivity contribution in [2.45, 2.75) is 18.6 Å². The van der Waals surface area contributed by atoms with Gasteiger partial charge in [-0.1, -0.05) is 30.3 Å². The van der Waals surface area contributed by atoms with Crippen molar-refractivity contribution in [3.63, 3.8) is 0 Å². The average Bonchev–Trinajstić information content (AvgIpc) is 2.83. The Hall–Kier alpha value is -3.11. The van der Waals surface area contributed by atoms with Crippen LogP contribution in [0.4, 0.5) is 5.69 Å². The fourth-order valence-corrected chi connectivity index (χ4v) is 5.33. The molecule has 0 unspecified atom stereocenters. The Bertz CT molecular complexity index is 1100. The molecule has 33 heavy (non-hydrogen) atoms. The van der Waals surface area contributed by atoms with Gasteiger partial charge in [-0.25, -0.2) is 17.5 Å². The van der Waals surface area contributed by atoms with Gasteiger partial charge < -0.3 is 19.5 Å². The Kier molecular flexibility index (Phi) is 7.93. The molecule has 2 aromatic carbocycles. The number of hydrogen-bond acceptors (Lipinski definition) is 7. The number of amides is 1. The number of ether oxygens (including phenoxy) is 3.